The second kappa shape index (κ2) is 14.1. The van der Waals surface area contributed by atoms with Gasteiger partial charge >= 0.3 is 0 Å². The molecule has 2 aromatic rings. The molecule has 0 fully saturated rings. The van der Waals surface area contributed by atoms with Gasteiger partial charge in [0, 0.05) is 0 Å². The van der Waals surface area contributed by atoms with Crippen LogP contribution in [0.3, 0.4) is 0 Å². The standard InChI is InChI=1S/C38H62O7/c1-33(2,3)27-17-13-15-25(29(27)35(7,8)9)31(37(19-39,20-40)21-41)45-32(38(22-42,23-43)24-44)26-16-14-18-28(34(4,5)6)30(26)36(10,11)12/h13-18,31-32,39-44H,19-24H2,1-12H3. The molecule has 6 N–H and O–H groups in total. The molecule has 45 heavy (non-hydrogen) atoms. The Balaban J connectivity index is 3.22. The van der Waals surface area contributed by atoms with E-state index in [1.54, 1.807) is 0 Å². The lowest BCUT2D eigenvalue weighted by atomic mass is 9.68. The minimum Gasteiger partial charge on any atom is -0.395 e. The summed E-state index contributed by atoms with van der Waals surface area (Å²) in [5, 5.41) is 65.3. The number of aliphatic hydroxyl groups is 6. The molecule has 0 bridgehead atoms. The summed E-state index contributed by atoms with van der Waals surface area (Å²) in [6.07, 6.45) is -2.21. The van der Waals surface area contributed by atoms with Gasteiger partial charge in [0.25, 0.3) is 0 Å². The van der Waals surface area contributed by atoms with Crippen LogP contribution in [0.25, 0.3) is 0 Å². The molecule has 2 atom stereocenters. The molecule has 0 heterocycles. The molecule has 0 aromatic heterocycles. The Hall–Kier alpha value is -1.84. The molecule has 2 unspecified atom stereocenters. The zero-order valence-electron chi connectivity index (χ0n) is 30.0. The molecule has 2 rings (SSSR count). The summed E-state index contributed by atoms with van der Waals surface area (Å²) < 4.78 is 7.15. The molecule has 0 amide bonds. The lowest BCUT2D eigenvalue weighted by Crippen LogP contribution is -2.47. The monoisotopic (exact) mass is 630 g/mol. The van der Waals surface area contributed by atoms with E-state index in [4.69, 9.17) is 4.74 Å². The lowest BCUT2D eigenvalue weighted by molar-refractivity contribution is -0.193. The van der Waals surface area contributed by atoms with Gasteiger partial charge in [-0.25, -0.2) is 0 Å². The fourth-order valence-corrected chi connectivity index (χ4v) is 6.53. The van der Waals surface area contributed by atoms with Gasteiger partial charge in [0.1, 0.15) is 0 Å². The van der Waals surface area contributed by atoms with Gasteiger partial charge < -0.3 is 35.4 Å². The maximum absolute atomic E-state index is 10.9. The quantitative estimate of drug-likeness (QED) is 0.180. The van der Waals surface area contributed by atoms with E-state index in [1.807, 2.05) is 24.3 Å². The van der Waals surface area contributed by atoms with Crippen molar-refractivity contribution in [1.29, 1.82) is 0 Å². The van der Waals surface area contributed by atoms with Gasteiger partial charge in [-0.05, 0) is 55.0 Å². The maximum Gasteiger partial charge on any atom is 0.0959 e. The van der Waals surface area contributed by atoms with Crippen molar-refractivity contribution in [3.8, 4) is 0 Å². The summed E-state index contributed by atoms with van der Waals surface area (Å²) in [6.45, 7) is 21.7. The van der Waals surface area contributed by atoms with E-state index in [1.165, 1.54) is 0 Å². The Morgan fingerprint density at radius 3 is 0.911 bits per heavy atom. The van der Waals surface area contributed by atoms with Crippen molar-refractivity contribution >= 4 is 0 Å². The van der Waals surface area contributed by atoms with E-state index < -0.39 is 73.5 Å². The molecular weight excluding hydrogens is 568 g/mol. The number of ether oxygens (including phenoxy) is 1. The van der Waals surface area contributed by atoms with E-state index in [2.05, 4.69) is 95.2 Å². The van der Waals surface area contributed by atoms with Gasteiger partial charge in [-0.1, -0.05) is 119 Å². The molecular formula is C38H62O7. The third-order valence-electron chi connectivity index (χ3n) is 9.15. The third kappa shape index (κ3) is 8.01. The molecule has 7 nitrogen and oxygen atoms in total. The van der Waals surface area contributed by atoms with Crippen molar-refractivity contribution in [2.24, 2.45) is 10.8 Å². The zero-order valence-corrected chi connectivity index (χ0v) is 30.0. The molecule has 256 valence electrons. The van der Waals surface area contributed by atoms with Crippen LogP contribution < -0.4 is 0 Å². The molecule has 0 aliphatic rings. The third-order valence-corrected chi connectivity index (χ3v) is 9.15. The minimum atomic E-state index is -1.55. The van der Waals surface area contributed by atoms with Gasteiger partial charge in [-0.3, -0.25) is 0 Å². The van der Waals surface area contributed by atoms with Gasteiger partial charge in [-0.15, -0.1) is 0 Å². The number of rotatable bonds is 12. The molecule has 2 aromatic carbocycles. The molecule has 0 spiro atoms. The van der Waals surface area contributed by atoms with Crippen LogP contribution >= 0.6 is 0 Å². The van der Waals surface area contributed by atoms with Crippen LogP contribution in [0, 0.1) is 10.8 Å². The highest BCUT2D eigenvalue weighted by atomic mass is 16.5. The van der Waals surface area contributed by atoms with Gasteiger partial charge in [0.2, 0.25) is 0 Å². The predicted molar refractivity (Wildman–Crippen MR) is 182 cm³/mol. The molecule has 0 aliphatic heterocycles. The predicted octanol–water partition coefficient (Wildman–Crippen LogP) is 5.60. The van der Waals surface area contributed by atoms with Crippen LogP contribution in [0.15, 0.2) is 36.4 Å². The Kier molecular flexibility index (Phi) is 12.3. The van der Waals surface area contributed by atoms with Crippen molar-refractivity contribution in [2.75, 3.05) is 39.6 Å². The van der Waals surface area contributed by atoms with Crippen molar-refractivity contribution in [3.63, 3.8) is 0 Å². The summed E-state index contributed by atoms with van der Waals surface area (Å²) in [6, 6.07) is 11.8. The highest BCUT2D eigenvalue weighted by molar-refractivity contribution is 5.47. The zero-order chi connectivity index (χ0) is 34.8. The second-order valence-electron chi connectivity index (χ2n) is 17.1. The maximum atomic E-state index is 10.9. The summed E-state index contributed by atoms with van der Waals surface area (Å²) in [5.74, 6) is 0. The number of benzene rings is 2. The highest BCUT2D eigenvalue weighted by Crippen LogP contribution is 2.51. The molecule has 0 aliphatic carbocycles. The number of aliphatic hydroxyl groups excluding tert-OH is 6. The first-order chi connectivity index (χ1) is 20.5. The first-order valence-electron chi connectivity index (χ1n) is 16.1. The fraction of sp³-hybridized carbons (Fsp3) is 0.684. The molecule has 0 radical (unpaired) electrons. The van der Waals surface area contributed by atoms with Crippen molar-refractivity contribution in [3.05, 3.63) is 69.8 Å². The van der Waals surface area contributed by atoms with Crippen LogP contribution in [0.2, 0.25) is 0 Å². The van der Waals surface area contributed by atoms with Crippen LogP contribution in [-0.2, 0) is 26.4 Å². The van der Waals surface area contributed by atoms with Gasteiger partial charge in [0.05, 0.1) is 62.7 Å². The largest absolute Gasteiger partial charge is 0.395 e. The van der Waals surface area contributed by atoms with Crippen molar-refractivity contribution in [1.82, 2.24) is 0 Å². The Bertz CT molecular complexity index is 1130. The average Bonchev–Trinajstić information content (AvgIpc) is 2.95. The first-order valence-corrected chi connectivity index (χ1v) is 16.1. The Morgan fingerprint density at radius 1 is 0.444 bits per heavy atom. The SMILES string of the molecule is CC(C)(C)c1cccc(C(OC(c2cccc(C(C)(C)C)c2C(C)(C)C)C(CO)(CO)CO)C(CO)(CO)CO)c1C(C)(C)C. The van der Waals surface area contributed by atoms with E-state index in [0.717, 1.165) is 22.3 Å². The highest BCUT2D eigenvalue weighted by Gasteiger charge is 2.49. The summed E-state index contributed by atoms with van der Waals surface area (Å²) in [7, 11) is 0. The van der Waals surface area contributed by atoms with Crippen LogP contribution in [0.1, 0.15) is 129 Å². The van der Waals surface area contributed by atoms with Gasteiger partial charge in [0.15, 0.2) is 0 Å². The first kappa shape index (κ1) is 39.3. The van der Waals surface area contributed by atoms with Crippen molar-refractivity contribution < 1.29 is 35.4 Å². The summed E-state index contributed by atoms with van der Waals surface area (Å²) in [4.78, 5) is 0. The topological polar surface area (TPSA) is 131 Å². The fourth-order valence-electron chi connectivity index (χ4n) is 6.53. The van der Waals surface area contributed by atoms with E-state index in [9.17, 15) is 30.6 Å². The van der Waals surface area contributed by atoms with Crippen LogP contribution in [0.5, 0.6) is 0 Å². The Labute approximate surface area is 272 Å². The Morgan fingerprint density at radius 2 is 0.711 bits per heavy atom. The second-order valence-corrected chi connectivity index (χ2v) is 17.1. The summed E-state index contributed by atoms with van der Waals surface area (Å²) in [5.41, 5.74) is 0.948. The van der Waals surface area contributed by atoms with Crippen LogP contribution in [0.4, 0.5) is 0 Å². The smallest absolute Gasteiger partial charge is 0.0959 e. The van der Waals surface area contributed by atoms with Crippen molar-refractivity contribution in [2.45, 2.75) is 117 Å². The average molecular weight is 631 g/mol. The van der Waals surface area contributed by atoms with E-state index in [0.29, 0.717) is 11.1 Å². The van der Waals surface area contributed by atoms with E-state index >= 15 is 0 Å². The lowest BCUT2D eigenvalue weighted by Gasteiger charge is -2.47. The number of hydrogen-bond donors (Lipinski definition) is 6. The molecule has 7 heteroatoms. The number of hydrogen-bond acceptors (Lipinski definition) is 7. The normalized spacial score (nSPS) is 15.3. The van der Waals surface area contributed by atoms with Crippen LogP contribution in [-0.4, -0.2) is 70.3 Å². The summed E-state index contributed by atoms with van der Waals surface area (Å²) >= 11 is 0. The van der Waals surface area contributed by atoms with Gasteiger partial charge in [-0.2, -0.15) is 0 Å². The van der Waals surface area contributed by atoms with E-state index in [-0.39, 0.29) is 10.8 Å². The molecule has 0 saturated carbocycles. The minimum absolute atomic E-state index is 0.269. The molecule has 0 saturated heterocycles.